The molecule has 0 aliphatic carbocycles. The molecule has 0 spiro atoms. The Hall–Kier alpha value is -2.38. The van der Waals surface area contributed by atoms with Gasteiger partial charge in [0.2, 0.25) is 10.0 Å². The Balaban J connectivity index is 1.63. The lowest BCUT2D eigenvalue weighted by Gasteiger charge is -2.26. The molecule has 0 N–H and O–H groups in total. The number of ether oxygens (including phenoxy) is 2. The first-order valence-electron chi connectivity index (χ1n) is 9.85. The molecule has 0 bridgehead atoms. The highest BCUT2D eigenvalue weighted by Crippen LogP contribution is 2.23. The number of benzene rings is 2. The monoisotopic (exact) mass is 417 g/mol. The minimum Gasteiger partial charge on any atom is -0.490 e. The number of piperidine rings is 1. The Morgan fingerprint density at radius 3 is 2.48 bits per heavy atom. The zero-order valence-electron chi connectivity index (χ0n) is 16.9. The molecule has 0 aromatic heterocycles. The fraction of sp³-hybridized carbons (Fsp3) is 0.409. The number of sulfonamides is 1. The number of nitrogens with zero attached hydrogens (tertiary/aromatic N) is 1. The predicted octanol–water partition coefficient (Wildman–Crippen LogP) is 3.71. The van der Waals surface area contributed by atoms with Crippen LogP contribution in [0, 0.1) is 13.8 Å². The van der Waals surface area contributed by atoms with Gasteiger partial charge in [0.1, 0.15) is 19.0 Å². The van der Waals surface area contributed by atoms with Crippen LogP contribution in [0.4, 0.5) is 0 Å². The maximum atomic E-state index is 12.9. The van der Waals surface area contributed by atoms with Gasteiger partial charge in [0.25, 0.3) is 0 Å². The van der Waals surface area contributed by atoms with Gasteiger partial charge in [-0.05, 0) is 62.1 Å². The lowest BCUT2D eigenvalue weighted by Crippen LogP contribution is -2.35. The van der Waals surface area contributed by atoms with E-state index in [1.165, 1.54) is 10.4 Å². The molecule has 0 atom stereocenters. The van der Waals surface area contributed by atoms with Gasteiger partial charge in [-0.3, -0.25) is 0 Å². The van der Waals surface area contributed by atoms with Crippen LogP contribution in [0.5, 0.6) is 5.75 Å². The molecule has 6 nitrogen and oxygen atoms in total. The second-order valence-electron chi connectivity index (χ2n) is 7.24. The predicted molar refractivity (Wildman–Crippen MR) is 111 cm³/mol. The quantitative estimate of drug-likeness (QED) is 0.507. The van der Waals surface area contributed by atoms with Crippen LogP contribution in [-0.2, 0) is 14.8 Å². The fourth-order valence-electron chi connectivity index (χ4n) is 3.31. The normalized spacial score (nSPS) is 15.1. The Labute approximate surface area is 172 Å². The maximum absolute atomic E-state index is 12.9. The number of aryl methyl sites for hydroxylation is 2. The highest BCUT2D eigenvalue weighted by Gasteiger charge is 2.27. The van der Waals surface area contributed by atoms with Crippen molar-refractivity contribution in [2.24, 2.45) is 0 Å². The largest absolute Gasteiger partial charge is 0.490 e. The molecule has 0 unspecified atom stereocenters. The first-order valence-corrected chi connectivity index (χ1v) is 11.3. The van der Waals surface area contributed by atoms with Crippen molar-refractivity contribution in [2.45, 2.75) is 38.0 Å². The van der Waals surface area contributed by atoms with E-state index in [1.807, 2.05) is 31.2 Å². The zero-order chi connectivity index (χ0) is 20.9. The van der Waals surface area contributed by atoms with Crippen molar-refractivity contribution in [1.82, 2.24) is 4.31 Å². The lowest BCUT2D eigenvalue weighted by atomic mass is 10.1. The van der Waals surface area contributed by atoms with E-state index >= 15 is 0 Å². The van der Waals surface area contributed by atoms with E-state index in [0.29, 0.717) is 24.4 Å². The summed E-state index contributed by atoms with van der Waals surface area (Å²) in [5.41, 5.74) is 2.02. The number of carbonyl (C=O) groups is 1. The molecular weight excluding hydrogens is 390 g/mol. The van der Waals surface area contributed by atoms with Crippen LogP contribution in [0.15, 0.2) is 47.4 Å². The van der Waals surface area contributed by atoms with Crippen molar-refractivity contribution in [3.63, 3.8) is 0 Å². The zero-order valence-corrected chi connectivity index (χ0v) is 17.7. The molecule has 0 amide bonds. The van der Waals surface area contributed by atoms with E-state index in [9.17, 15) is 13.2 Å². The van der Waals surface area contributed by atoms with Gasteiger partial charge in [-0.1, -0.05) is 24.6 Å². The molecule has 1 saturated heterocycles. The number of hydrogen-bond acceptors (Lipinski definition) is 5. The molecule has 1 aliphatic rings. The van der Waals surface area contributed by atoms with Gasteiger partial charge >= 0.3 is 5.97 Å². The average molecular weight is 418 g/mol. The Bertz CT molecular complexity index is 965. The third kappa shape index (κ3) is 5.36. The first kappa shape index (κ1) is 21.3. The number of rotatable bonds is 7. The third-order valence-corrected chi connectivity index (χ3v) is 6.85. The lowest BCUT2D eigenvalue weighted by molar-refractivity contribution is 0.0449. The van der Waals surface area contributed by atoms with Gasteiger partial charge in [0, 0.05) is 13.1 Å². The summed E-state index contributed by atoms with van der Waals surface area (Å²) < 4.78 is 38.1. The Kier molecular flexibility index (Phi) is 6.92. The Morgan fingerprint density at radius 1 is 1.00 bits per heavy atom. The smallest absolute Gasteiger partial charge is 0.338 e. The van der Waals surface area contributed by atoms with Gasteiger partial charge in [-0.2, -0.15) is 4.31 Å². The SMILES string of the molecule is Cc1cccc(OCCOC(=O)c2cc(S(=O)(=O)N3CCCCC3)ccc2C)c1. The summed E-state index contributed by atoms with van der Waals surface area (Å²) >= 11 is 0. The van der Waals surface area contributed by atoms with Crippen LogP contribution in [0.1, 0.15) is 40.7 Å². The van der Waals surface area contributed by atoms with Crippen LogP contribution in [-0.4, -0.2) is 45.0 Å². The molecule has 1 fully saturated rings. The van der Waals surface area contributed by atoms with Gasteiger partial charge in [0.05, 0.1) is 10.5 Å². The van der Waals surface area contributed by atoms with E-state index < -0.39 is 16.0 Å². The summed E-state index contributed by atoms with van der Waals surface area (Å²) in [6.45, 7) is 5.08. The van der Waals surface area contributed by atoms with Crippen molar-refractivity contribution in [1.29, 1.82) is 0 Å². The summed E-state index contributed by atoms with van der Waals surface area (Å²) in [5, 5.41) is 0. The van der Waals surface area contributed by atoms with E-state index in [1.54, 1.807) is 19.1 Å². The summed E-state index contributed by atoms with van der Waals surface area (Å²) in [7, 11) is -3.60. The van der Waals surface area contributed by atoms with Crippen molar-refractivity contribution in [3.8, 4) is 5.75 Å². The third-order valence-electron chi connectivity index (χ3n) is 4.96. The van der Waals surface area contributed by atoms with E-state index in [2.05, 4.69) is 0 Å². The van der Waals surface area contributed by atoms with Crippen molar-refractivity contribution in [2.75, 3.05) is 26.3 Å². The maximum Gasteiger partial charge on any atom is 0.338 e. The van der Waals surface area contributed by atoms with Crippen molar-refractivity contribution >= 4 is 16.0 Å². The molecule has 1 heterocycles. The highest BCUT2D eigenvalue weighted by atomic mass is 32.2. The number of carbonyl (C=O) groups excluding carboxylic acids is 1. The molecule has 7 heteroatoms. The Morgan fingerprint density at radius 2 is 1.76 bits per heavy atom. The van der Waals surface area contributed by atoms with Crippen LogP contribution in [0.2, 0.25) is 0 Å². The van der Waals surface area contributed by atoms with Crippen LogP contribution in [0.3, 0.4) is 0 Å². The summed E-state index contributed by atoms with van der Waals surface area (Å²) in [6, 6.07) is 12.2. The van der Waals surface area contributed by atoms with E-state index in [4.69, 9.17) is 9.47 Å². The van der Waals surface area contributed by atoms with Crippen molar-refractivity contribution < 1.29 is 22.7 Å². The molecule has 156 valence electrons. The second-order valence-corrected chi connectivity index (χ2v) is 9.18. The molecule has 1 aliphatic heterocycles. The van der Waals surface area contributed by atoms with E-state index in [0.717, 1.165) is 24.8 Å². The standard InChI is InChI=1S/C22H27NO5S/c1-17-7-6-8-19(15-17)27-13-14-28-22(24)21-16-20(10-9-18(21)2)29(25,26)23-11-4-3-5-12-23/h6-10,15-16H,3-5,11-14H2,1-2H3. The minimum atomic E-state index is -3.60. The summed E-state index contributed by atoms with van der Waals surface area (Å²) in [5.74, 6) is 0.165. The molecule has 29 heavy (non-hydrogen) atoms. The molecule has 0 radical (unpaired) electrons. The van der Waals surface area contributed by atoms with Gasteiger partial charge < -0.3 is 9.47 Å². The van der Waals surface area contributed by atoms with Crippen LogP contribution >= 0.6 is 0 Å². The second kappa shape index (κ2) is 9.41. The molecular formula is C22H27NO5S. The van der Waals surface area contributed by atoms with Crippen molar-refractivity contribution in [3.05, 3.63) is 59.2 Å². The number of hydrogen-bond donors (Lipinski definition) is 0. The average Bonchev–Trinajstić information content (AvgIpc) is 2.72. The van der Waals surface area contributed by atoms with Gasteiger partial charge in [-0.25, -0.2) is 13.2 Å². The molecule has 0 saturated carbocycles. The summed E-state index contributed by atoms with van der Waals surface area (Å²) in [4.78, 5) is 12.6. The molecule has 2 aromatic carbocycles. The van der Waals surface area contributed by atoms with Gasteiger partial charge in [-0.15, -0.1) is 0 Å². The topological polar surface area (TPSA) is 72.9 Å². The van der Waals surface area contributed by atoms with Crippen LogP contribution < -0.4 is 4.74 Å². The fourth-order valence-corrected chi connectivity index (χ4v) is 4.86. The molecule has 3 rings (SSSR count). The summed E-state index contributed by atoms with van der Waals surface area (Å²) in [6.07, 6.45) is 2.77. The number of esters is 1. The minimum absolute atomic E-state index is 0.0787. The van der Waals surface area contributed by atoms with Gasteiger partial charge in [0.15, 0.2) is 0 Å². The first-order chi connectivity index (χ1) is 13.9. The van der Waals surface area contributed by atoms with E-state index in [-0.39, 0.29) is 23.7 Å². The highest BCUT2D eigenvalue weighted by molar-refractivity contribution is 7.89. The molecule has 2 aromatic rings. The van der Waals surface area contributed by atoms with Crippen LogP contribution in [0.25, 0.3) is 0 Å².